The van der Waals surface area contributed by atoms with Crippen molar-refractivity contribution in [1.82, 2.24) is 5.32 Å². The molecule has 1 amide bonds. The summed E-state index contributed by atoms with van der Waals surface area (Å²) in [6, 6.07) is 1.84. The minimum Gasteiger partial charge on any atom is -0.374 e. The lowest BCUT2D eigenvalue weighted by Crippen LogP contribution is -2.35. The Morgan fingerprint density at radius 2 is 1.80 bits per heavy atom. The Morgan fingerprint density at radius 1 is 1.24 bits per heavy atom. The summed E-state index contributed by atoms with van der Waals surface area (Å²) < 4.78 is 1.28. The number of anilines is 1. The fourth-order valence-electron chi connectivity index (χ4n) is 2.16. The fourth-order valence-corrected chi connectivity index (χ4v) is 3.33. The SMILES string of the molecule is CC(O)NC(=O)c1cc([N+](=O)[O-])cc([N+](=O)[O-])c1N(CCI)CCI. The van der Waals surface area contributed by atoms with Gasteiger partial charge in [-0.05, 0) is 6.92 Å². The fraction of sp³-hybridized carbons (Fsp3) is 0.462. The molecule has 1 atom stereocenters. The second kappa shape index (κ2) is 10.0. The number of aliphatic hydroxyl groups excluding tert-OH is 1. The van der Waals surface area contributed by atoms with E-state index < -0.39 is 33.4 Å². The second-order valence-corrected chi connectivity index (χ2v) is 7.05. The van der Waals surface area contributed by atoms with Gasteiger partial charge in [-0.25, -0.2) is 0 Å². The molecule has 0 aliphatic rings. The molecular weight excluding hydrogens is 562 g/mol. The van der Waals surface area contributed by atoms with Gasteiger partial charge in [0, 0.05) is 28.0 Å². The number of benzene rings is 1. The first-order valence-electron chi connectivity index (χ1n) is 7.05. The molecule has 25 heavy (non-hydrogen) atoms. The predicted molar refractivity (Wildman–Crippen MR) is 109 cm³/mol. The number of non-ortho nitro benzene ring substituents is 1. The number of hydrogen-bond acceptors (Lipinski definition) is 7. The summed E-state index contributed by atoms with van der Waals surface area (Å²) in [5, 5.41) is 34.1. The second-order valence-electron chi connectivity index (χ2n) is 4.89. The number of carbonyl (C=O) groups is 1. The molecule has 0 aliphatic heterocycles. The summed E-state index contributed by atoms with van der Waals surface area (Å²) in [7, 11) is 0. The number of nitro groups is 2. The van der Waals surface area contributed by atoms with Crippen LogP contribution in [0.5, 0.6) is 0 Å². The van der Waals surface area contributed by atoms with E-state index >= 15 is 0 Å². The molecule has 0 fully saturated rings. The zero-order valence-electron chi connectivity index (χ0n) is 13.1. The van der Waals surface area contributed by atoms with Crippen LogP contribution in [0.15, 0.2) is 12.1 Å². The van der Waals surface area contributed by atoms with Crippen molar-refractivity contribution < 1.29 is 19.7 Å². The summed E-state index contributed by atoms with van der Waals surface area (Å²) >= 11 is 4.20. The molecular formula is C13H16I2N4O6. The number of hydrogen-bond donors (Lipinski definition) is 2. The highest BCUT2D eigenvalue weighted by Crippen LogP contribution is 2.36. The molecule has 2 N–H and O–H groups in total. The number of nitrogens with one attached hydrogen (secondary N) is 1. The van der Waals surface area contributed by atoms with Gasteiger partial charge in [-0.3, -0.25) is 25.0 Å². The summed E-state index contributed by atoms with van der Waals surface area (Å²) in [6.07, 6.45) is -1.21. The van der Waals surface area contributed by atoms with Gasteiger partial charge < -0.3 is 15.3 Å². The molecule has 1 unspecified atom stereocenters. The minimum absolute atomic E-state index is 0.0158. The van der Waals surface area contributed by atoms with Crippen LogP contribution in [0.3, 0.4) is 0 Å². The first-order valence-corrected chi connectivity index (χ1v) is 10.1. The third-order valence-corrected chi connectivity index (χ3v) is 4.06. The van der Waals surface area contributed by atoms with Gasteiger partial charge in [0.15, 0.2) is 0 Å². The minimum atomic E-state index is -1.21. The van der Waals surface area contributed by atoms with Crippen molar-refractivity contribution >= 4 is 68.2 Å². The summed E-state index contributed by atoms with van der Waals surface area (Å²) in [4.78, 5) is 35.1. The summed E-state index contributed by atoms with van der Waals surface area (Å²) in [5.74, 6) is -0.816. The normalized spacial score (nSPS) is 11.7. The van der Waals surface area contributed by atoms with Crippen molar-refractivity contribution in [2.45, 2.75) is 13.2 Å². The van der Waals surface area contributed by atoms with Gasteiger partial charge >= 0.3 is 0 Å². The van der Waals surface area contributed by atoms with E-state index in [4.69, 9.17) is 0 Å². The number of aliphatic hydroxyl groups is 1. The maximum absolute atomic E-state index is 12.4. The first-order chi connectivity index (χ1) is 11.7. The molecule has 1 aromatic rings. The molecule has 1 aromatic carbocycles. The molecule has 12 heteroatoms. The van der Waals surface area contributed by atoms with Crippen LogP contribution in [0.25, 0.3) is 0 Å². The van der Waals surface area contributed by atoms with E-state index in [2.05, 4.69) is 50.5 Å². The van der Waals surface area contributed by atoms with Gasteiger partial charge in [0.05, 0.1) is 21.5 Å². The van der Waals surface area contributed by atoms with Gasteiger partial charge in [-0.1, -0.05) is 45.2 Å². The number of nitrogens with zero attached hydrogens (tertiary/aromatic N) is 3. The van der Waals surface area contributed by atoms with Crippen molar-refractivity contribution in [1.29, 1.82) is 0 Å². The van der Waals surface area contributed by atoms with Crippen LogP contribution in [0.2, 0.25) is 0 Å². The molecule has 0 bridgehead atoms. The molecule has 1 rings (SSSR count). The van der Waals surface area contributed by atoms with Crippen molar-refractivity contribution in [2.75, 3.05) is 26.8 Å². The standard InChI is InChI=1S/C13H16I2N4O6/c1-8(20)16-13(21)10-6-9(18(22)23)7-11(19(24)25)12(10)17(4-2-14)5-3-15/h6-8,20H,2-5H2,1H3,(H,16,21). The van der Waals surface area contributed by atoms with Crippen LogP contribution >= 0.6 is 45.2 Å². The highest BCUT2D eigenvalue weighted by Gasteiger charge is 2.30. The van der Waals surface area contributed by atoms with E-state index in [-0.39, 0.29) is 11.3 Å². The molecule has 10 nitrogen and oxygen atoms in total. The topological polar surface area (TPSA) is 139 Å². The van der Waals surface area contributed by atoms with Crippen LogP contribution in [-0.4, -0.2) is 49.0 Å². The lowest BCUT2D eigenvalue weighted by atomic mass is 10.1. The van der Waals surface area contributed by atoms with Crippen molar-refractivity contribution in [3.05, 3.63) is 37.9 Å². The van der Waals surface area contributed by atoms with E-state index in [1.54, 1.807) is 4.90 Å². The summed E-state index contributed by atoms with van der Waals surface area (Å²) in [6.45, 7) is 2.16. The van der Waals surface area contributed by atoms with Crippen molar-refractivity contribution in [3.8, 4) is 0 Å². The van der Waals surface area contributed by atoms with Crippen molar-refractivity contribution in [3.63, 3.8) is 0 Å². The predicted octanol–water partition coefficient (Wildman–Crippen LogP) is 2.25. The number of halogens is 2. The Labute approximate surface area is 170 Å². The van der Waals surface area contributed by atoms with Gasteiger partial charge in [0.25, 0.3) is 17.3 Å². The lowest BCUT2D eigenvalue weighted by Gasteiger charge is -2.25. The van der Waals surface area contributed by atoms with Gasteiger partial charge in [0.1, 0.15) is 11.9 Å². The highest BCUT2D eigenvalue weighted by molar-refractivity contribution is 14.1. The molecule has 138 valence electrons. The lowest BCUT2D eigenvalue weighted by molar-refractivity contribution is -0.393. The molecule has 0 saturated carbocycles. The largest absolute Gasteiger partial charge is 0.374 e. The van der Waals surface area contributed by atoms with E-state index in [9.17, 15) is 30.1 Å². The number of carbonyl (C=O) groups excluding carboxylic acids is 1. The van der Waals surface area contributed by atoms with Gasteiger partial charge in [0.2, 0.25) is 0 Å². The smallest absolute Gasteiger partial charge is 0.300 e. The van der Waals surface area contributed by atoms with Crippen LogP contribution in [0, 0.1) is 20.2 Å². The maximum atomic E-state index is 12.4. The Hall–Kier alpha value is -1.29. The van der Waals surface area contributed by atoms with Crippen molar-refractivity contribution in [2.24, 2.45) is 0 Å². The molecule has 0 saturated heterocycles. The Balaban J connectivity index is 3.69. The maximum Gasteiger partial charge on any atom is 0.300 e. The van der Waals surface area contributed by atoms with E-state index in [1.165, 1.54) is 6.92 Å². The quantitative estimate of drug-likeness (QED) is 0.151. The van der Waals surface area contributed by atoms with E-state index in [1.807, 2.05) is 0 Å². The van der Waals surface area contributed by atoms with E-state index in [0.717, 1.165) is 12.1 Å². The van der Waals surface area contributed by atoms with Crippen LogP contribution < -0.4 is 10.2 Å². The zero-order chi connectivity index (χ0) is 19.1. The first kappa shape index (κ1) is 21.8. The van der Waals surface area contributed by atoms with E-state index in [0.29, 0.717) is 21.9 Å². The molecule has 0 heterocycles. The van der Waals surface area contributed by atoms with Gasteiger partial charge in [-0.2, -0.15) is 0 Å². The highest BCUT2D eigenvalue weighted by atomic mass is 127. The number of alkyl halides is 2. The summed E-state index contributed by atoms with van der Waals surface area (Å²) in [5.41, 5.74) is -1.27. The number of amides is 1. The van der Waals surface area contributed by atoms with Crippen LogP contribution in [0.1, 0.15) is 17.3 Å². The molecule has 0 aromatic heterocycles. The number of nitro benzene ring substituents is 2. The molecule has 0 radical (unpaired) electrons. The monoisotopic (exact) mass is 578 g/mol. The Bertz CT molecular complexity index is 664. The number of rotatable bonds is 9. The third kappa shape index (κ3) is 5.88. The molecule has 0 aliphatic carbocycles. The average molecular weight is 578 g/mol. The third-order valence-electron chi connectivity index (χ3n) is 3.09. The Kier molecular flexibility index (Phi) is 8.70. The van der Waals surface area contributed by atoms with Crippen LogP contribution in [0.4, 0.5) is 17.1 Å². The van der Waals surface area contributed by atoms with Gasteiger partial charge in [-0.15, -0.1) is 0 Å². The van der Waals surface area contributed by atoms with Crippen LogP contribution in [-0.2, 0) is 0 Å². The zero-order valence-corrected chi connectivity index (χ0v) is 17.5. The Morgan fingerprint density at radius 3 is 2.20 bits per heavy atom. The average Bonchev–Trinajstić information content (AvgIpc) is 2.52. The molecule has 0 spiro atoms.